The van der Waals surface area contributed by atoms with Gasteiger partial charge in [0.15, 0.2) is 0 Å². The number of ether oxygens (including phenoxy) is 1. The Morgan fingerprint density at radius 3 is 2.64 bits per heavy atom. The van der Waals surface area contributed by atoms with E-state index in [1.165, 1.54) is 0 Å². The number of carbonyl (C=O) groups is 1. The third kappa shape index (κ3) is 3.58. The molecule has 1 atom stereocenters. The van der Waals surface area contributed by atoms with Gasteiger partial charge in [-0.1, -0.05) is 30.3 Å². The second-order valence-corrected chi connectivity index (χ2v) is 3.19. The number of esters is 1. The highest BCUT2D eigenvalue weighted by atomic mass is 16.5. The van der Waals surface area contributed by atoms with Gasteiger partial charge in [0, 0.05) is 6.42 Å². The van der Waals surface area contributed by atoms with Crippen molar-refractivity contribution in [2.75, 3.05) is 6.61 Å². The standard InChI is InChI=1S/C11H15NO2/c1-9(12)11(13)14-8-7-10-5-3-2-4-6-10/h2-6,9H,7-8,12H2,1H3/t9-/m0/s1. The molecule has 0 fully saturated rings. The Bertz CT molecular complexity index is 283. The maximum absolute atomic E-state index is 11.0. The summed E-state index contributed by atoms with van der Waals surface area (Å²) in [5.41, 5.74) is 6.50. The van der Waals surface area contributed by atoms with Gasteiger partial charge in [0.05, 0.1) is 6.61 Å². The summed E-state index contributed by atoms with van der Waals surface area (Å²) in [5.74, 6) is -0.346. The van der Waals surface area contributed by atoms with Gasteiger partial charge in [-0.2, -0.15) is 0 Å². The molecule has 0 saturated carbocycles. The molecule has 0 radical (unpaired) electrons. The minimum absolute atomic E-state index is 0.346. The van der Waals surface area contributed by atoms with Crippen LogP contribution in [-0.2, 0) is 16.0 Å². The lowest BCUT2D eigenvalue weighted by Crippen LogP contribution is -2.29. The van der Waals surface area contributed by atoms with Crippen LogP contribution >= 0.6 is 0 Å². The maximum Gasteiger partial charge on any atom is 0.322 e. The second kappa shape index (κ2) is 5.40. The molecule has 76 valence electrons. The summed E-state index contributed by atoms with van der Waals surface area (Å²) in [7, 11) is 0. The molecule has 0 aliphatic rings. The highest BCUT2D eigenvalue weighted by Crippen LogP contribution is 1.99. The van der Waals surface area contributed by atoms with Crippen molar-refractivity contribution < 1.29 is 9.53 Å². The zero-order valence-corrected chi connectivity index (χ0v) is 8.27. The zero-order chi connectivity index (χ0) is 10.4. The van der Waals surface area contributed by atoms with Gasteiger partial charge in [0.25, 0.3) is 0 Å². The van der Waals surface area contributed by atoms with Crippen LogP contribution in [0.15, 0.2) is 30.3 Å². The van der Waals surface area contributed by atoms with Crippen LogP contribution in [0.1, 0.15) is 12.5 Å². The molecule has 3 nitrogen and oxygen atoms in total. The first-order chi connectivity index (χ1) is 6.70. The fraction of sp³-hybridized carbons (Fsp3) is 0.364. The Kier molecular flexibility index (Phi) is 4.13. The lowest BCUT2D eigenvalue weighted by atomic mass is 10.2. The van der Waals surface area contributed by atoms with E-state index >= 15 is 0 Å². The first kappa shape index (κ1) is 10.7. The van der Waals surface area contributed by atoms with Crippen LogP contribution in [0.3, 0.4) is 0 Å². The average molecular weight is 193 g/mol. The van der Waals surface area contributed by atoms with Crippen molar-refractivity contribution in [3.8, 4) is 0 Å². The molecule has 0 aliphatic carbocycles. The van der Waals surface area contributed by atoms with Crippen LogP contribution in [0.4, 0.5) is 0 Å². The normalized spacial score (nSPS) is 12.1. The SMILES string of the molecule is C[C@H](N)C(=O)OCCc1ccccc1. The van der Waals surface area contributed by atoms with Crippen LogP contribution in [0.5, 0.6) is 0 Å². The third-order valence-corrected chi connectivity index (χ3v) is 1.85. The highest BCUT2D eigenvalue weighted by molar-refractivity contribution is 5.74. The van der Waals surface area contributed by atoms with Gasteiger partial charge in [-0.3, -0.25) is 4.79 Å². The molecule has 14 heavy (non-hydrogen) atoms. The zero-order valence-electron chi connectivity index (χ0n) is 8.27. The Morgan fingerprint density at radius 1 is 1.43 bits per heavy atom. The van der Waals surface area contributed by atoms with Gasteiger partial charge in [-0.15, -0.1) is 0 Å². The number of hydrogen-bond acceptors (Lipinski definition) is 3. The molecule has 0 aromatic heterocycles. The smallest absolute Gasteiger partial charge is 0.322 e. The van der Waals surface area contributed by atoms with Crippen molar-refractivity contribution in [2.24, 2.45) is 5.73 Å². The molecule has 0 amide bonds. The van der Waals surface area contributed by atoms with Crippen LogP contribution < -0.4 is 5.73 Å². The Labute approximate surface area is 83.9 Å². The Hall–Kier alpha value is -1.35. The fourth-order valence-electron chi connectivity index (χ4n) is 1.05. The van der Waals surface area contributed by atoms with Crippen LogP contribution in [-0.4, -0.2) is 18.6 Å². The monoisotopic (exact) mass is 193 g/mol. The molecule has 3 heteroatoms. The molecule has 0 aliphatic heterocycles. The van der Waals surface area contributed by atoms with Crippen molar-refractivity contribution in [3.63, 3.8) is 0 Å². The fourth-order valence-corrected chi connectivity index (χ4v) is 1.05. The molecule has 0 bridgehead atoms. The largest absolute Gasteiger partial charge is 0.464 e. The molecular formula is C11H15NO2. The third-order valence-electron chi connectivity index (χ3n) is 1.85. The number of hydrogen-bond donors (Lipinski definition) is 1. The van der Waals surface area contributed by atoms with E-state index in [-0.39, 0.29) is 5.97 Å². The molecule has 0 heterocycles. The maximum atomic E-state index is 11.0. The lowest BCUT2D eigenvalue weighted by molar-refractivity contribution is -0.144. The minimum Gasteiger partial charge on any atom is -0.464 e. The lowest BCUT2D eigenvalue weighted by Gasteiger charge is -2.06. The summed E-state index contributed by atoms with van der Waals surface area (Å²) in [6, 6.07) is 9.34. The van der Waals surface area contributed by atoms with Crippen molar-refractivity contribution >= 4 is 5.97 Å². The molecule has 1 aromatic rings. The van der Waals surface area contributed by atoms with E-state index in [2.05, 4.69) is 0 Å². The number of nitrogens with two attached hydrogens (primary N) is 1. The molecule has 0 saturated heterocycles. The van der Waals surface area contributed by atoms with E-state index in [0.717, 1.165) is 12.0 Å². The topological polar surface area (TPSA) is 52.3 Å². The highest BCUT2D eigenvalue weighted by Gasteiger charge is 2.07. The van der Waals surface area contributed by atoms with E-state index < -0.39 is 6.04 Å². The molecule has 0 unspecified atom stereocenters. The van der Waals surface area contributed by atoms with E-state index in [9.17, 15) is 4.79 Å². The Balaban J connectivity index is 2.26. The van der Waals surface area contributed by atoms with Crippen molar-refractivity contribution in [1.82, 2.24) is 0 Å². The van der Waals surface area contributed by atoms with Crippen LogP contribution in [0, 0.1) is 0 Å². The van der Waals surface area contributed by atoms with Gasteiger partial charge < -0.3 is 10.5 Å². The van der Waals surface area contributed by atoms with E-state index in [1.807, 2.05) is 30.3 Å². The van der Waals surface area contributed by atoms with Crippen LogP contribution in [0.25, 0.3) is 0 Å². The number of benzene rings is 1. The summed E-state index contributed by atoms with van der Waals surface area (Å²) in [4.78, 5) is 11.0. The summed E-state index contributed by atoms with van der Waals surface area (Å²) in [6.45, 7) is 2.01. The molecule has 1 aromatic carbocycles. The summed E-state index contributed by atoms with van der Waals surface area (Å²) in [5, 5.41) is 0. The molecule has 0 spiro atoms. The van der Waals surface area contributed by atoms with Gasteiger partial charge in [-0.05, 0) is 12.5 Å². The van der Waals surface area contributed by atoms with Crippen molar-refractivity contribution in [1.29, 1.82) is 0 Å². The molecule has 1 rings (SSSR count). The predicted octanol–water partition coefficient (Wildman–Crippen LogP) is 1.12. The van der Waals surface area contributed by atoms with Gasteiger partial charge in [0.2, 0.25) is 0 Å². The summed E-state index contributed by atoms with van der Waals surface area (Å²) in [6.07, 6.45) is 0.735. The first-order valence-electron chi connectivity index (χ1n) is 4.66. The Morgan fingerprint density at radius 2 is 2.07 bits per heavy atom. The first-order valence-corrected chi connectivity index (χ1v) is 4.66. The van der Waals surface area contributed by atoms with Gasteiger partial charge in [-0.25, -0.2) is 0 Å². The van der Waals surface area contributed by atoms with Gasteiger partial charge >= 0.3 is 5.97 Å². The predicted molar refractivity (Wildman–Crippen MR) is 54.8 cm³/mol. The molecular weight excluding hydrogens is 178 g/mol. The van der Waals surface area contributed by atoms with Crippen molar-refractivity contribution in [2.45, 2.75) is 19.4 Å². The minimum atomic E-state index is -0.536. The van der Waals surface area contributed by atoms with Crippen LogP contribution in [0.2, 0.25) is 0 Å². The summed E-state index contributed by atoms with van der Waals surface area (Å²) >= 11 is 0. The number of rotatable bonds is 4. The van der Waals surface area contributed by atoms with E-state index in [0.29, 0.717) is 6.61 Å². The number of carbonyl (C=O) groups excluding carboxylic acids is 1. The molecule has 2 N–H and O–H groups in total. The quantitative estimate of drug-likeness (QED) is 0.729. The van der Waals surface area contributed by atoms with Gasteiger partial charge in [0.1, 0.15) is 6.04 Å². The second-order valence-electron chi connectivity index (χ2n) is 3.19. The van der Waals surface area contributed by atoms with E-state index in [1.54, 1.807) is 6.92 Å². The van der Waals surface area contributed by atoms with Crippen molar-refractivity contribution in [3.05, 3.63) is 35.9 Å². The summed E-state index contributed by atoms with van der Waals surface area (Å²) < 4.78 is 4.94. The van der Waals surface area contributed by atoms with E-state index in [4.69, 9.17) is 10.5 Å². The average Bonchev–Trinajstić information content (AvgIpc) is 2.19.